The minimum absolute atomic E-state index is 0.0443. The third-order valence-electron chi connectivity index (χ3n) is 5.18. The van der Waals surface area contributed by atoms with E-state index in [9.17, 15) is 13.2 Å². The Bertz CT molecular complexity index is 1040. The molecule has 1 aliphatic heterocycles. The number of benzene rings is 2. The topological polar surface area (TPSA) is 70.2 Å². The van der Waals surface area contributed by atoms with Crippen molar-refractivity contribution >= 4 is 44.8 Å². The van der Waals surface area contributed by atoms with E-state index in [1.54, 1.807) is 30.2 Å². The van der Waals surface area contributed by atoms with E-state index in [-0.39, 0.29) is 19.0 Å². The number of carbonyl (C=O) groups is 1. The van der Waals surface area contributed by atoms with E-state index >= 15 is 0 Å². The van der Waals surface area contributed by atoms with Gasteiger partial charge >= 0.3 is 0 Å². The molecule has 0 N–H and O–H groups in total. The molecule has 168 valence electrons. The molecule has 0 saturated carbocycles. The maximum atomic E-state index is 12.9. The number of methoxy groups -OCH3 is 1. The van der Waals surface area contributed by atoms with Gasteiger partial charge in [0, 0.05) is 32.7 Å². The standard InChI is InChI=1S/C21H25Cl2N3O4S/c1-30-20-6-4-3-5-19(20)24-9-11-25(12-10-24)21(27)15-26(31(2,28)29)14-16-7-8-17(22)18(23)13-16/h3-8,13H,9-12,14-15H2,1-2H3. The number of hydrogen-bond acceptors (Lipinski definition) is 5. The Kier molecular flexibility index (Phi) is 7.69. The fourth-order valence-corrected chi connectivity index (χ4v) is 4.52. The van der Waals surface area contributed by atoms with Crippen LogP contribution in [0.1, 0.15) is 5.56 Å². The molecule has 31 heavy (non-hydrogen) atoms. The molecular weight excluding hydrogens is 461 g/mol. The van der Waals surface area contributed by atoms with Crippen molar-refractivity contribution in [3.8, 4) is 5.75 Å². The summed E-state index contributed by atoms with van der Waals surface area (Å²) in [5, 5.41) is 0.728. The van der Waals surface area contributed by atoms with E-state index in [1.165, 1.54) is 0 Å². The predicted octanol–water partition coefficient (Wildman–Crippen LogP) is 3.11. The van der Waals surface area contributed by atoms with Crippen molar-refractivity contribution in [1.29, 1.82) is 0 Å². The van der Waals surface area contributed by atoms with Gasteiger partial charge in [0.25, 0.3) is 0 Å². The monoisotopic (exact) mass is 485 g/mol. The average Bonchev–Trinajstić information content (AvgIpc) is 2.75. The highest BCUT2D eigenvalue weighted by molar-refractivity contribution is 7.88. The fourth-order valence-electron chi connectivity index (χ4n) is 3.47. The first-order valence-corrected chi connectivity index (χ1v) is 12.3. The molecule has 10 heteroatoms. The zero-order valence-electron chi connectivity index (χ0n) is 17.4. The fraction of sp³-hybridized carbons (Fsp3) is 0.381. The quantitative estimate of drug-likeness (QED) is 0.602. The summed E-state index contributed by atoms with van der Waals surface area (Å²) in [6.45, 7) is 2.09. The van der Waals surface area contributed by atoms with Gasteiger partial charge in [-0.2, -0.15) is 4.31 Å². The number of piperazine rings is 1. The summed E-state index contributed by atoms with van der Waals surface area (Å²) in [5.74, 6) is 0.553. The van der Waals surface area contributed by atoms with Crippen LogP contribution in [0.2, 0.25) is 10.0 Å². The highest BCUT2D eigenvalue weighted by atomic mass is 35.5. The SMILES string of the molecule is COc1ccccc1N1CCN(C(=O)CN(Cc2ccc(Cl)c(Cl)c2)S(C)(=O)=O)CC1. The molecule has 1 fully saturated rings. The molecule has 1 amide bonds. The number of nitrogens with zero attached hydrogens (tertiary/aromatic N) is 3. The Morgan fingerprint density at radius 3 is 2.35 bits per heavy atom. The lowest BCUT2D eigenvalue weighted by Gasteiger charge is -2.37. The van der Waals surface area contributed by atoms with E-state index in [0.717, 1.165) is 22.0 Å². The van der Waals surface area contributed by atoms with Crippen LogP contribution in [0.4, 0.5) is 5.69 Å². The highest BCUT2D eigenvalue weighted by Crippen LogP contribution is 2.28. The highest BCUT2D eigenvalue weighted by Gasteiger charge is 2.27. The van der Waals surface area contributed by atoms with Gasteiger partial charge in [-0.25, -0.2) is 8.42 Å². The first-order valence-electron chi connectivity index (χ1n) is 9.74. The third-order valence-corrected chi connectivity index (χ3v) is 7.12. The summed E-state index contributed by atoms with van der Waals surface area (Å²) >= 11 is 12.0. The van der Waals surface area contributed by atoms with E-state index in [2.05, 4.69) is 4.90 Å². The molecule has 3 rings (SSSR count). The van der Waals surface area contributed by atoms with Crippen LogP contribution in [-0.2, 0) is 21.4 Å². The molecule has 2 aromatic carbocycles. The molecule has 0 aromatic heterocycles. The molecule has 1 heterocycles. The molecule has 1 aliphatic rings. The molecule has 1 saturated heterocycles. The molecule has 0 aliphatic carbocycles. The molecule has 0 atom stereocenters. The molecular formula is C21H25Cl2N3O4S. The lowest BCUT2D eigenvalue weighted by Crippen LogP contribution is -2.51. The van der Waals surface area contributed by atoms with Crippen molar-refractivity contribution in [3.63, 3.8) is 0 Å². The summed E-state index contributed by atoms with van der Waals surface area (Å²) in [4.78, 5) is 16.7. The van der Waals surface area contributed by atoms with Gasteiger partial charge in [-0.05, 0) is 29.8 Å². The second-order valence-corrected chi connectivity index (χ2v) is 10.1. The second kappa shape index (κ2) is 10.1. The number of ether oxygens (including phenoxy) is 1. The number of sulfonamides is 1. The van der Waals surface area contributed by atoms with Gasteiger partial charge < -0.3 is 14.5 Å². The van der Waals surface area contributed by atoms with Crippen LogP contribution in [-0.4, -0.2) is 69.6 Å². The Morgan fingerprint density at radius 1 is 1.06 bits per heavy atom. The maximum absolute atomic E-state index is 12.9. The van der Waals surface area contributed by atoms with Crippen molar-refractivity contribution in [2.75, 3.05) is 51.0 Å². The summed E-state index contributed by atoms with van der Waals surface area (Å²) in [7, 11) is -1.97. The molecule has 0 bridgehead atoms. The summed E-state index contributed by atoms with van der Waals surface area (Å²) in [6.07, 6.45) is 1.09. The second-order valence-electron chi connectivity index (χ2n) is 7.32. The van der Waals surface area contributed by atoms with Crippen molar-refractivity contribution in [1.82, 2.24) is 9.21 Å². The lowest BCUT2D eigenvalue weighted by molar-refractivity contribution is -0.131. The summed E-state index contributed by atoms with van der Waals surface area (Å²) in [6, 6.07) is 12.7. The largest absolute Gasteiger partial charge is 0.495 e. The summed E-state index contributed by atoms with van der Waals surface area (Å²) in [5.41, 5.74) is 1.64. The predicted molar refractivity (Wildman–Crippen MR) is 124 cm³/mol. The van der Waals surface area contributed by atoms with Gasteiger partial charge in [0.15, 0.2) is 0 Å². The van der Waals surface area contributed by atoms with Crippen LogP contribution in [0.3, 0.4) is 0 Å². The number of carbonyl (C=O) groups excluding carboxylic acids is 1. The Balaban J connectivity index is 1.64. The Hall–Kier alpha value is -2.00. The molecule has 0 radical (unpaired) electrons. The van der Waals surface area contributed by atoms with Gasteiger partial charge in [-0.1, -0.05) is 41.4 Å². The smallest absolute Gasteiger partial charge is 0.238 e. The van der Waals surface area contributed by atoms with Crippen molar-refractivity contribution in [2.24, 2.45) is 0 Å². The van der Waals surface area contributed by atoms with E-state index in [0.29, 0.717) is 41.8 Å². The maximum Gasteiger partial charge on any atom is 0.238 e. The van der Waals surface area contributed by atoms with Gasteiger partial charge in [0.2, 0.25) is 15.9 Å². The minimum atomic E-state index is -3.60. The number of hydrogen-bond donors (Lipinski definition) is 0. The van der Waals surface area contributed by atoms with Gasteiger partial charge in [0.05, 0.1) is 35.6 Å². The van der Waals surface area contributed by atoms with Crippen LogP contribution < -0.4 is 9.64 Å². The molecule has 0 spiro atoms. The lowest BCUT2D eigenvalue weighted by atomic mass is 10.2. The van der Waals surface area contributed by atoms with Crippen molar-refractivity contribution in [3.05, 3.63) is 58.1 Å². The first kappa shape index (κ1) is 23.7. The summed E-state index contributed by atoms with van der Waals surface area (Å²) < 4.78 is 31.2. The van der Waals surface area contributed by atoms with E-state index in [1.807, 2.05) is 24.3 Å². The van der Waals surface area contributed by atoms with Gasteiger partial charge in [-0.3, -0.25) is 4.79 Å². The number of anilines is 1. The van der Waals surface area contributed by atoms with Crippen LogP contribution in [0.15, 0.2) is 42.5 Å². The number of rotatable bonds is 7. The molecule has 7 nitrogen and oxygen atoms in total. The van der Waals surface area contributed by atoms with E-state index in [4.69, 9.17) is 27.9 Å². The third kappa shape index (κ3) is 6.04. The van der Waals surface area contributed by atoms with Crippen LogP contribution >= 0.6 is 23.2 Å². The van der Waals surface area contributed by atoms with Gasteiger partial charge in [-0.15, -0.1) is 0 Å². The number of halogens is 2. The molecule has 2 aromatic rings. The zero-order valence-corrected chi connectivity index (χ0v) is 19.8. The molecule has 0 unspecified atom stereocenters. The van der Waals surface area contributed by atoms with Crippen molar-refractivity contribution in [2.45, 2.75) is 6.54 Å². The normalized spacial score (nSPS) is 14.7. The number of para-hydroxylation sites is 2. The minimum Gasteiger partial charge on any atom is -0.495 e. The Labute approximate surface area is 193 Å². The van der Waals surface area contributed by atoms with Gasteiger partial charge in [0.1, 0.15) is 5.75 Å². The van der Waals surface area contributed by atoms with Crippen molar-refractivity contribution < 1.29 is 17.9 Å². The van der Waals surface area contributed by atoms with E-state index < -0.39 is 10.0 Å². The average molecular weight is 486 g/mol. The van der Waals surface area contributed by atoms with Crippen LogP contribution in [0.5, 0.6) is 5.75 Å². The number of amides is 1. The Morgan fingerprint density at radius 2 is 1.74 bits per heavy atom. The zero-order chi connectivity index (χ0) is 22.6. The van der Waals surface area contributed by atoms with Crippen LogP contribution in [0, 0.1) is 0 Å². The first-order chi connectivity index (χ1) is 14.7. The van der Waals surface area contributed by atoms with Crippen LogP contribution in [0.25, 0.3) is 0 Å².